The van der Waals surface area contributed by atoms with Crippen molar-refractivity contribution in [1.29, 1.82) is 0 Å². The molecule has 0 saturated carbocycles. The third-order valence-corrected chi connectivity index (χ3v) is 4.12. The number of aromatic nitrogens is 3. The Morgan fingerprint density at radius 3 is 2.69 bits per heavy atom. The normalized spacial score (nSPS) is 12.4. The number of rotatable bonds is 6. The minimum absolute atomic E-state index is 0.421. The number of aliphatic hydroxyl groups is 1. The fourth-order valence-corrected chi connectivity index (χ4v) is 2.86. The molecule has 2 aromatic carbocycles. The molecule has 0 saturated heterocycles. The van der Waals surface area contributed by atoms with Gasteiger partial charge in [0.2, 0.25) is 11.8 Å². The summed E-state index contributed by atoms with van der Waals surface area (Å²) >= 11 is 0. The van der Waals surface area contributed by atoms with E-state index in [4.69, 9.17) is 4.42 Å². The maximum atomic E-state index is 9.57. The summed E-state index contributed by atoms with van der Waals surface area (Å²) in [5.74, 6) is 2.03. The molecule has 6 heteroatoms. The van der Waals surface area contributed by atoms with Gasteiger partial charge in [-0.3, -0.25) is 0 Å². The number of para-hydroxylation sites is 2. The number of benzene rings is 2. The highest BCUT2D eigenvalue weighted by molar-refractivity contribution is 5.78. The number of fused-ring (bicyclic) bond motifs is 1. The van der Waals surface area contributed by atoms with Crippen molar-refractivity contribution in [2.75, 3.05) is 11.9 Å². The van der Waals surface area contributed by atoms with Gasteiger partial charge in [0, 0.05) is 12.1 Å². The zero-order chi connectivity index (χ0) is 17.9. The molecule has 2 N–H and O–H groups in total. The molecule has 1 unspecified atom stereocenters. The Hall–Kier alpha value is -3.12. The third kappa shape index (κ3) is 3.32. The van der Waals surface area contributed by atoms with E-state index in [0.29, 0.717) is 24.9 Å². The number of nitrogens with zero attached hydrogens (tertiary/aromatic N) is 3. The molecule has 6 nitrogen and oxygen atoms in total. The van der Waals surface area contributed by atoms with Crippen LogP contribution in [0.25, 0.3) is 22.4 Å². The molecule has 2 heterocycles. The molecule has 0 aliphatic rings. The molecule has 0 bridgehead atoms. The molecule has 4 aromatic rings. The van der Waals surface area contributed by atoms with E-state index in [9.17, 15) is 5.11 Å². The fourth-order valence-electron chi connectivity index (χ4n) is 2.86. The zero-order valence-corrected chi connectivity index (χ0v) is 14.5. The summed E-state index contributed by atoms with van der Waals surface area (Å²) in [6.45, 7) is 2.61. The van der Waals surface area contributed by atoms with E-state index in [-0.39, 0.29) is 0 Å². The van der Waals surface area contributed by atoms with Crippen LogP contribution >= 0.6 is 0 Å². The third-order valence-electron chi connectivity index (χ3n) is 4.12. The second-order valence-corrected chi connectivity index (χ2v) is 6.22. The summed E-state index contributed by atoms with van der Waals surface area (Å²) in [5, 5.41) is 12.8. The van der Waals surface area contributed by atoms with E-state index in [1.807, 2.05) is 59.2 Å². The van der Waals surface area contributed by atoms with E-state index in [2.05, 4.69) is 15.3 Å². The van der Waals surface area contributed by atoms with Crippen LogP contribution in [0.4, 0.5) is 5.95 Å². The monoisotopic (exact) mass is 348 g/mol. The Bertz CT molecular complexity index is 1010. The van der Waals surface area contributed by atoms with Crippen molar-refractivity contribution in [2.45, 2.75) is 19.6 Å². The van der Waals surface area contributed by atoms with Gasteiger partial charge in [0.15, 0.2) is 5.76 Å². The van der Waals surface area contributed by atoms with Crippen molar-refractivity contribution in [1.82, 2.24) is 14.5 Å². The number of anilines is 1. The molecule has 0 fully saturated rings. The van der Waals surface area contributed by atoms with Gasteiger partial charge in [-0.05, 0) is 19.1 Å². The maximum Gasteiger partial charge on any atom is 0.214 e. The van der Waals surface area contributed by atoms with E-state index >= 15 is 0 Å². The highest BCUT2D eigenvalue weighted by Gasteiger charge is 2.14. The molecule has 0 aliphatic heterocycles. The Morgan fingerprint density at radius 2 is 1.88 bits per heavy atom. The van der Waals surface area contributed by atoms with Crippen LogP contribution in [0.1, 0.15) is 12.8 Å². The quantitative estimate of drug-likeness (QED) is 0.557. The van der Waals surface area contributed by atoms with Gasteiger partial charge in [-0.25, -0.2) is 9.97 Å². The van der Waals surface area contributed by atoms with Gasteiger partial charge < -0.3 is 19.4 Å². The second kappa shape index (κ2) is 7.01. The van der Waals surface area contributed by atoms with Crippen molar-refractivity contribution in [2.24, 2.45) is 0 Å². The average Bonchev–Trinajstić information content (AvgIpc) is 3.26. The van der Waals surface area contributed by atoms with Crippen molar-refractivity contribution < 1.29 is 9.52 Å². The predicted molar refractivity (Wildman–Crippen MR) is 101 cm³/mol. The van der Waals surface area contributed by atoms with E-state index < -0.39 is 6.10 Å². The number of hydrogen-bond donors (Lipinski definition) is 2. The summed E-state index contributed by atoms with van der Waals surface area (Å²) in [6.07, 6.45) is 1.28. The van der Waals surface area contributed by atoms with Gasteiger partial charge in [-0.1, -0.05) is 42.5 Å². The van der Waals surface area contributed by atoms with Crippen LogP contribution in [-0.4, -0.2) is 32.3 Å². The Kier molecular flexibility index (Phi) is 4.41. The van der Waals surface area contributed by atoms with Gasteiger partial charge in [-0.15, -0.1) is 0 Å². The minimum Gasteiger partial charge on any atom is -0.439 e. The first-order valence-electron chi connectivity index (χ1n) is 8.58. The molecule has 26 heavy (non-hydrogen) atoms. The van der Waals surface area contributed by atoms with Crippen LogP contribution in [0, 0.1) is 0 Å². The van der Waals surface area contributed by atoms with Gasteiger partial charge in [-0.2, -0.15) is 0 Å². The number of oxazole rings is 1. The molecule has 0 amide bonds. The van der Waals surface area contributed by atoms with Crippen LogP contribution < -0.4 is 5.32 Å². The summed E-state index contributed by atoms with van der Waals surface area (Å²) in [4.78, 5) is 9.04. The fraction of sp³-hybridized carbons (Fsp3) is 0.200. The SMILES string of the molecule is CC(O)CNc1nc2ccccc2n1Cc1ncc(-c2ccccc2)o1. The highest BCUT2D eigenvalue weighted by atomic mass is 16.4. The molecule has 0 aliphatic carbocycles. The minimum atomic E-state index is -0.463. The maximum absolute atomic E-state index is 9.57. The van der Waals surface area contributed by atoms with Crippen LogP contribution in [0.5, 0.6) is 0 Å². The average molecular weight is 348 g/mol. The lowest BCUT2D eigenvalue weighted by Gasteiger charge is -2.10. The van der Waals surface area contributed by atoms with E-state index in [1.165, 1.54) is 0 Å². The molecule has 4 rings (SSSR count). The molecule has 0 radical (unpaired) electrons. The lowest BCUT2D eigenvalue weighted by atomic mass is 10.2. The first-order chi connectivity index (χ1) is 12.7. The van der Waals surface area contributed by atoms with Crippen LogP contribution in [0.3, 0.4) is 0 Å². The van der Waals surface area contributed by atoms with Crippen LogP contribution in [-0.2, 0) is 6.54 Å². The molecule has 0 spiro atoms. The van der Waals surface area contributed by atoms with Gasteiger partial charge in [0.05, 0.1) is 23.3 Å². The lowest BCUT2D eigenvalue weighted by Crippen LogP contribution is -2.18. The summed E-state index contributed by atoms with van der Waals surface area (Å²) in [5.41, 5.74) is 2.87. The van der Waals surface area contributed by atoms with Crippen molar-refractivity contribution in [3.8, 4) is 11.3 Å². The number of nitrogens with one attached hydrogen (secondary N) is 1. The Balaban J connectivity index is 1.66. The summed E-state index contributed by atoms with van der Waals surface area (Å²) < 4.78 is 7.95. The molecule has 1 atom stereocenters. The van der Waals surface area contributed by atoms with Crippen molar-refractivity contribution >= 4 is 17.0 Å². The van der Waals surface area contributed by atoms with Crippen LogP contribution in [0.2, 0.25) is 0 Å². The first kappa shape index (κ1) is 16.4. The number of hydrogen-bond acceptors (Lipinski definition) is 5. The topological polar surface area (TPSA) is 76.1 Å². The number of aliphatic hydroxyl groups excluding tert-OH is 1. The highest BCUT2D eigenvalue weighted by Crippen LogP contribution is 2.24. The molecular weight excluding hydrogens is 328 g/mol. The zero-order valence-electron chi connectivity index (χ0n) is 14.5. The molecular formula is C20H20N4O2. The van der Waals surface area contributed by atoms with Gasteiger partial charge >= 0.3 is 0 Å². The largest absolute Gasteiger partial charge is 0.439 e. The van der Waals surface area contributed by atoms with E-state index in [1.54, 1.807) is 13.1 Å². The smallest absolute Gasteiger partial charge is 0.214 e. The lowest BCUT2D eigenvalue weighted by molar-refractivity contribution is 0.208. The van der Waals surface area contributed by atoms with Crippen molar-refractivity contribution in [3.63, 3.8) is 0 Å². The Morgan fingerprint density at radius 1 is 1.12 bits per heavy atom. The second-order valence-electron chi connectivity index (χ2n) is 6.22. The number of imidazole rings is 1. The molecule has 2 aromatic heterocycles. The Labute approximate surface area is 151 Å². The predicted octanol–water partition coefficient (Wildman–Crippen LogP) is 3.53. The standard InChI is InChI=1S/C20H20N4O2/c1-14(25)11-22-20-23-16-9-5-6-10-17(16)24(20)13-19-21-12-18(26-19)15-7-3-2-4-8-15/h2-10,12,14,25H,11,13H2,1H3,(H,22,23). The van der Waals surface area contributed by atoms with Crippen LogP contribution in [0.15, 0.2) is 65.2 Å². The van der Waals surface area contributed by atoms with Gasteiger partial charge in [0.1, 0.15) is 6.54 Å². The first-order valence-corrected chi connectivity index (χ1v) is 8.58. The summed E-state index contributed by atoms with van der Waals surface area (Å²) in [6, 6.07) is 17.8. The summed E-state index contributed by atoms with van der Waals surface area (Å²) in [7, 11) is 0. The molecule has 132 valence electrons. The van der Waals surface area contributed by atoms with Crippen molar-refractivity contribution in [3.05, 3.63) is 66.7 Å². The van der Waals surface area contributed by atoms with Gasteiger partial charge in [0.25, 0.3) is 0 Å². The van der Waals surface area contributed by atoms with E-state index in [0.717, 1.165) is 22.4 Å².